The number of hydrogen-bond donors (Lipinski definition) is 0. The molecule has 2 aliphatic heterocycles. The van der Waals surface area contributed by atoms with E-state index in [0.717, 1.165) is 31.2 Å². The lowest BCUT2D eigenvalue weighted by Gasteiger charge is -2.16. The molecule has 3 nitrogen and oxygen atoms in total. The second kappa shape index (κ2) is 4.75. The van der Waals surface area contributed by atoms with Gasteiger partial charge in [0.25, 0.3) is 0 Å². The summed E-state index contributed by atoms with van der Waals surface area (Å²) in [5.41, 5.74) is 2.24. The van der Waals surface area contributed by atoms with Crippen LogP contribution in [0.25, 0.3) is 0 Å². The molecule has 112 valence electrons. The van der Waals surface area contributed by atoms with Gasteiger partial charge in [0, 0.05) is 4.88 Å². The van der Waals surface area contributed by atoms with Gasteiger partial charge in [0.1, 0.15) is 5.92 Å². The molecular weight excluding hydrogens is 284 g/mol. The molecule has 0 N–H and O–H groups in total. The van der Waals surface area contributed by atoms with Crippen LogP contribution in [0, 0.1) is 11.8 Å². The molecule has 0 radical (unpaired) electrons. The summed E-state index contributed by atoms with van der Waals surface area (Å²) in [6.45, 7) is 4.20. The quantitative estimate of drug-likeness (QED) is 0.807. The van der Waals surface area contributed by atoms with Gasteiger partial charge in [-0.15, -0.1) is 11.3 Å². The predicted octanol–water partition coefficient (Wildman–Crippen LogP) is 2.90. The fraction of sp³-hybridized carbons (Fsp3) is 0.647. The van der Waals surface area contributed by atoms with Crippen molar-refractivity contribution in [2.24, 2.45) is 11.8 Å². The Balaban J connectivity index is 1.78. The van der Waals surface area contributed by atoms with Crippen molar-refractivity contribution in [3.8, 4) is 0 Å². The van der Waals surface area contributed by atoms with E-state index in [1.807, 2.05) is 0 Å². The molecule has 4 rings (SSSR count). The second-order valence-electron chi connectivity index (χ2n) is 6.38. The molecule has 5 atom stereocenters. The maximum Gasteiger partial charge on any atom is 0.154 e. The van der Waals surface area contributed by atoms with Gasteiger partial charge in [-0.2, -0.15) is 0 Å². The summed E-state index contributed by atoms with van der Waals surface area (Å²) in [5.74, 6) is -0.533. The van der Waals surface area contributed by atoms with Crippen molar-refractivity contribution in [3.63, 3.8) is 0 Å². The Labute approximate surface area is 128 Å². The Kier molecular flexibility index (Phi) is 3.09. The minimum absolute atomic E-state index is 0.00948. The van der Waals surface area contributed by atoms with E-state index in [-0.39, 0.29) is 35.6 Å². The molecule has 1 saturated carbocycles. The summed E-state index contributed by atoms with van der Waals surface area (Å²) in [6.07, 6.45) is 3.70. The van der Waals surface area contributed by atoms with Crippen molar-refractivity contribution in [1.82, 2.24) is 0 Å². The van der Waals surface area contributed by atoms with E-state index in [0.29, 0.717) is 0 Å². The lowest BCUT2D eigenvalue weighted by Crippen LogP contribution is -2.29. The minimum atomic E-state index is -0.497. The summed E-state index contributed by atoms with van der Waals surface area (Å²) in [4.78, 5) is 27.1. The van der Waals surface area contributed by atoms with Crippen LogP contribution in [-0.2, 0) is 27.2 Å². The monoisotopic (exact) mass is 304 g/mol. The smallest absolute Gasteiger partial charge is 0.154 e. The van der Waals surface area contributed by atoms with E-state index < -0.39 is 5.92 Å². The Morgan fingerprint density at radius 1 is 1.10 bits per heavy atom. The summed E-state index contributed by atoms with van der Waals surface area (Å²) >= 11 is 1.70. The van der Waals surface area contributed by atoms with E-state index in [2.05, 4.69) is 19.2 Å². The highest BCUT2D eigenvalue weighted by Gasteiger charge is 2.63. The first kappa shape index (κ1) is 13.6. The van der Waals surface area contributed by atoms with Crippen LogP contribution in [0.1, 0.15) is 48.6 Å². The highest BCUT2D eigenvalue weighted by Crippen LogP contribution is 2.53. The number of fused-ring (bicyclic) bond motifs is 5. The van der Waals surface area contributed by atoms with Crippen molar-refractivity contribution in [1.29, 1.82) is 0 Å². The van der Waals surface area contributed by atoms with Crippen LogP contribution >= 0.6 is 11.3 Å². The van der Waals surface area contributed by atoms with Crippen molar-refractivity contribution < 1.29 is 14.3 Å². The molecule has 1 aromatic rings. The third kappa shape index (κ3) is 1.69. The van der Waals surface area contributed by atoms with Gasteiger partial charge in [0.15, 0.2) is 11.6 Å². The fourth-order valence-electron chi connectivity index (χ4n) is 4.55. The topological polar surface area (TPSA) is 43.4 Å². The average molecular weight is 304 g/mol. The molecule has 0 aromatic carbocycles. The summed E-state index contributed by atoms with van der Waals surface area (Å²) in [6, 6.07) is 0. The number of Topliss-reactive ketones (excluding diaryl/α,β-unsaturated/α-hetero) is 2. The number of carbonyl (C=O) groups excluding carboxylic acids is 2. The average Bonchev–Trinajstić information content (AvgIpc) is 3.22. The Hall–Kier alpha value is -1.00. The van der Waals surface area contributed by atoms with Gasteiger partial charge in [-0.25, -0.2) is 0 Å². The van der Waals surface area contributed by atoms with E-state index >= 15 is 0 Å². The van der Waals surface area contributed by atoms with Crippen LogP contribution in [0.2, 0.25) is 0 Å². The van der Waals surface area contributed by atoms with Crippen LogP contribution in [0.4, 0.5) is 0 Å². The van der Waals surface area contributed by atoms with E-state index in [9.17, 15) is 9.59 Å². The minimum Gasteiger partial charge on any atom is -0.373 e. The molecule has 0 spiro atoms. The van der Waals surface area contributed by atoms with E-state index in [1.165, 1.54) is 10.4 Å². The number of thiophene rings is 1. The molecule has 4 heteroatoms. The van der Waals surface area contributed by atoms with Crippen LogP contribution < -0.4 is 0 Å². The zero-order valence-electron chi connectivity index (χ0n) is 12.4. The van der Waals surface area contributed by atoms with Gasteiger partial charge < -0.3 is 4.74 Å². The zero-order chi connectivity index (χ0) is 14.7. The lowest BCUT2D eigenvalue weighted by atomic mass is 9.81. The molecule has 3 fully saturated rings. The Morgan fingerprint density at radius 2 is 1.71 bits per heavy atom. The first-order valence-electron chi connectivity index (χ1n) is 7.99. The van der Waals surface area contributed by atoms with E-state index in [4.69, 9.17) is 4.74 Å². The molecular formula is C17H20O3S. The highest BCUT2D eigenvalue weighted by molar-refractivity contribution is 7.10. The number of ketones is 2. The number of ether oxygens (including phenoxy) is 1. The fourth-order valence-corrected chi connectivity index (χ4v) is 5.67. The number of carbonyl (C=O) groups is 2. The summed E-state index contributed by atoms with van der Waals surface area (Å²) in [7, 11) is 0. The van der Waals surface area contributed by atoms with Gasteiger partial charge in [-0.05, 0) is 42.2 Å². The predicted molar refractivity (Wildman–Crippen MR) is 80.7 cm³/mol. The zero-order valence-corrected chi connectivity index (χ0v) is 13.2. The molecule has 1 aliphatic carbocycles. The van der Waals surface area contributed by atoms with Crippen molar-refractivity contribution >= 4 is 22.9 Å². The number of hydrogen-bond acceptors (Lipinski definition) is 4. The first-order valence-corrected chi connectivity index (χ1v) is 8.87. The molecule has 2 bridgehead atoms. The molecule has 0 amide bonds. The van der Waals surface area contributed by atoms with Gasteiger partial charge >= 0.3 is 0 Å². The SMILES string of the molecule is CCc1csc(CC)c1C1C(=O)C2[C@@H](C1=O)[C@@H]1CC[C@H]2O1. The summed E-state index contributed by atoms with van der Waals surface area (Å²) in [5, 5.41) is 2.13. The van der Waals surface area contributed by atoms with Gasteiger partial charge in [0.05, 0.1) is 24.0 Å². The van der Waals surface area contributed by atoms with Crippen LogP contribution in [0.15, 0.2) is 5.38 Å². The Morgan fingerprint density at radius 3 is 2.24 bits per heavy atom. The maximum absolute atomic E-state index is 12.9. The number of rotatable bonds is 3. The van der Waals surface area contributed by atoms with Gasteiger partial charge in [0.2, 0.25) is 0 Å². The van der Waals surface area contributed by atoms with Crippen LogP contribution in [0.3, 0.4) is 0 Å². The largest absolute Gasteiger partial charge is 0.373 e. The standard InChI is InChI=1S/C17H20O3S/c1-3-8-7-21-11(4-2)12(8)15-16(18)13-9-5-6-10(20-9)14(13)17(15)19/h7,9-10,13-15H,3-6H2,1-2H3/t9-,10+,13-,14?,15?/m0/s1. The number of aryl methyl sites for hydroxylation is 2. The van der Waals surface area contributed by atoms with Gasteiger partial charge in [-0.1, -0.05) is 13.8 Å². The lowest BCUT2D eigenvalue weighted by molar-refractivity contribution is -0.127. The Bertz CT molecular complexity index is 568. The molecule has 2 saturated heterocycles. The highest BCUT2D eigenvalue weighted by atomic mass is 32.1. The summed E-state index contributed by atoms with van der Waals surface area (Å²) < 4.78 is 5.82. The molecule has 1 aromatic heterocycles. The molecule has 3 aliphatic rings. The third-order valence-electron chi connectivity index (χ3n) is 5.48. The van der Waals surface area contributed by atoms with Crippen LogP contribution in [-0.4, -0.2) is 23.8 Å². The second-order valence-corrected chi connectivity index (χ2v) is 7.35. The van der Waals surface area contributed by atoms with E-state index in [1.54, 1.807) is 11.3 Å². The van der Waals surface area contributed by atoms with Crippen LogP contribution in [0.5, 0.6) is 0 Å². The molecule has 21 heavy (non-hydrogen) atoms. The van der Waals surface area contributed by atoms with Crippen molar-refractivity contribution in [2.75, 3.05) is 0 Å². The van der Waals surface area contributed by atoms with Crippen molar-refractivity contribution in [2.45, 2.75) is 57.7 Å². The maximum atomic E-state index is 12.9. The first-order chi connectivity index (χ1) is 10.2. The normalized spacial score (nSPS) is 37.5. The van der Waals surface area contributed by atoms with Crippen molar-refractivity contribution in [3.05, 3.63) is 21.4 Å². The molecule has 2 unspecified atom stereocenters. The van der Waals surface area contributed by atoms with Gasteiger partial charge in [-0.3, -0.25) is 9.59 Å². The molecule has 3 heterocycles. The third-order valence-corrected chi connectivity index (χ3v) is 6.68.